The summed E-state index contributed by atoms with van der Waals surface area (Å²) in [4.78, 5) is 14.8. The molecule has 0 saturated carbocycles. The Morgan fingerprint density at radius 3 is 2.71 bits per heavy atom. The van der Waals surface area contributed by atoms with Gasteiger partial charge < -0.3 is 4.74 Å². The summed E-state index contributed by atoms with van der Waals surface area (Å²) in [5.74, 6) is -0.470. The van der Waals surface area contributed by atoms with Crippen molar-refractivity contribution in [1.29, 1.82) is 0 Å². The van der Waals surface area contributed by atoms with Crippen LogP contribution in [-0.2, 0) is 9.53 Å². The Morgan fingerprint density at radius 1 is 1.43 bits per heavy atom. The van der Waals surface area contributed by atoms with Crippen LogP contribution in [0.1, 0.15) is 32.6 Å². The van der Waals surface area contributed by atoms with Crippen molar-refractivity contribution in [3.8, 4) is 6.07 Å². The molecule has 78 valence electrons. The predicted molar refractivity (Wildman–Crippen MR) is 57.4 cm³/mol. The van der Waals surface area contributed by atoms with Gasteiger partial charge in [-0.2, -0.15) is 0 Å². The molecule has 0 aliphatic heterocycles. The van der Waals surface area contributed by atoms with E-state index in [9.17, 15) is 4.79 Å². The fourth-order valence-electron chi connectivity index (χ4n) is 0.938. The highest BCUT2D eigenvalue weighted by atomic mass is 16.5. The molecule has 0 amide bonds. The summed E-state index contributed by atoms with van der Waals surface area (Å²) in [6, 6.07) is 2.57. The first-order valence-corrected chi connectivity index (χ1v) is 4.92. The Balaban J connectivity index is 3.61. The van der Waals surface area contributed by atoms with Crippen LogP contribution in [0, 0.1) is 6.07 Å². The van der Waals surface area contributed by atoms with Crippen LogP contribution in [0.3, 0.4) is 0 Å². The predicted octanol–water partition coefficient (Wildman–Crippen LogP) is 2.63. The van der Waals surface area contributed by atoms with Gasteiger partial charge in [-0.25, -0.2) is 4.79 Å². The van der Waals surface area contributed by atoms with Crippen molar-refractivity contribution in [3.05, 3.63) is 17.0 Å². The van der Waals surface area contributed by atoms with Gasteiger partial charge in [0, 0.05) is 6.42 Å². The number of ether oxygens (including phenoxy) is 1. The fourth-order valence-corrected chi connectivity index (χ4v) is 0.938. The van der Waals surface area contributed by atoms with Crippen LogP contribution >= 0.6 is 0 Å². The lowest BCUT2D eigenvalue weighted by Gasteiger charge is -1.88. The van der Waals surface area contributed by atoms with E-state index in [0.717, 1.165) is 6.42 Å². The zero-order chi connectivity index (χ0) is 10.8. The molecule has 0 spiro atoms. The second-order valence-corrected chi connectivity index (χ2v) is 3.02. The minimum absolute atomic E-state index is 0.183. The number of nitrogens with zero attached hydrogens (tertiary/aromatic N) is 1. The third-order valence-electron chi connectivity index (χ3n) is 1.77. The Kier molecular flexibility index (Phi) is 7.53. The normalized spacial score (nSPS) is 8.71. The Morgan fingerprint density at radius 2 is 2.14 bits per heavy atom. The van der Waals surface area contributed by atoms with Gasteiger partial charge in [0.1, 0.15) is 0 Å². The van der Waals surface area contributed by atoms with E-state index in [1.165, 1.54) is 26.4 Å². The molecular formula is C11H18NO2+. The summed E-state index contributed by atoms with van der Waals surface area (Å²) >= 11 is 0. The lowest BCUT2D eigenvalue weighted by atomic mass is 10.2. The quantitative estimate of drug-likeness (QED) is 0.293. The molecule has 0 atom stereocenters. The maximum atomic E-state index is 10.8. The van der Waals surface area contributed by atoms with Crippen LogP contribution in [-0.4, -0.2) is 19.6 Å². The molecule has 0 aliphatic carbocycles. The number of unbranched alkanes of at least 4 members (excludes halogenated alkanes) is 3. The number of rotatable bonds is 5. The molecule has 0 saturated heterocycles. The Bertz CT molecular complexity index is 248. The maximum Gasteiger partial charge on any atom is 0.352 e. The van der Waals surface area contributed by atoms with Gasteiger partial charge in [0.05, 0.1) is 7.11 Å². The first-order chi connectivity index (χ1) is 6.72. The monoisotopic (exact) mass is 196 g/mol. The topological polar surface area (TPSA) is 30.7 Å². The van der Waals surface area contributed by atoms with Gasteiger partial charge in [-0.3, -0.25) is 0 Å². The van der Waals surface area contributed by atoms with Crippen LogP contribution in [0.25, 0.3) is 4.85 Å². The minimum atomic E-state index is -0.470. The molecule has 0 aromatic carbocycles. The van der Waals surface area contributed by atoms with Crippen LogP contribution in [0.5, 0.6) is 0 Å². The maximum absolute atomic E-state index is 10.8. The first kappa shape index (κ1) is 12.7. The van der Waals surface area contributed by atoms with Crippen molar-refractivity contribution in [2.45, 2.75) is 32.6 Å². The molecule has 0 bridgehead atoms. The first-order valence-electron chi connectivity index (χ1n) is 4.92. The van der Waals surface area contributed by atoms with E-state index in [0.29, 0.717) is 6.54 Å². The van der Waals surface area contributed by atoms with Crippen molar-refractivity contribution in [1.82, 2.24) is 0 Å². The number of hydrogen-bond donors (Lipinski definition) is 0. The van der Waals surface area contributed by atoms with E-state index in [1.807, 2.05) is 0 Å². The summed E-state index contributed by atoms with van der Waals surface area (Å²) in [5, 5.41) is 0. The molecule has 0 radical (unpaired) electrons. The number of hydrogen-bond acceptors (Lipinski definition) is 2. The third kappa shape index (κ3) is 6.24. The van der Waals surface area contributed by atoms with Crippen molar-refractivity contribution < 1.29 is 9.53 Å². The highest BCUT2D eigenvalue weighted by Crippen LogP contribution is 1.99. The van der Waals surface area contributed by atoms with E-state index in [2.05, 4.69) is 29.2 Å². The molecule has 0 rings (SSSR count). The number of esters is 1. The van der Waals surface area contributed by atoms with Crippen molar-refractivity contribution in [2.24, 2.45) is 0 Å². The summed E-state index contributed by atoms with van der Waals surface area (Å²) < 4.78 is 4.45. The number of carbonyl (C=O) groups is 1. The summed E-state index contributed by atoms with van der Waals surface area (Å²) in [5.41, 5.74) is 0.183. The molecular weight excluding hydrogens is 178 g/mol. The van der Waals surface area contributed by atoms with Gasteiger partial charge in [-0.1, -0.05) is 31.2 Å². The highest BCUT2D eigenvalue weighted by Gasteiger charge is 2.08. The van der Waals surface area contributed by atoms with E-state index in [1.54, 1.807) is 0 Å². The molecule has 0 fully saturated rings. The lowest BCUT2D eigenvalue weighted by molar-refractivity contribution is -0.135. The van der Waals surface area contributed by atoms with E-state index in [-0.39, 0.29) is 5.57 Å². The van der Waals surface area contributed by atoms with Gasteiger partial charge in [0.25, 0.3) is 6.54 Å². The second kappa shape index (κ2) is 8.31. The summed E-state index contributed by atoms with van der Waals surface area (Å²) in [7, 11) is 1.32. The zero-order valence-corrected chi connectivity index (χ0v) is 9.01. The van der Waals surface area contributed by atoms with Crippen LogP contribution < -0.4 is 0 Å². The molecule has 0 unspecified atom stereocenters. The SMILES string of the molecule is C=C(C#[N+]CCCCCC)C(=O)OC. The van der Waals surface area contributed by atoms with Gasteiger partial charge in [0.2, 0.25) is 0 Å². The van der Waals surface area contributed by atoms with Crippen molar-refractivity contribution >= 4 is 5.97 Å². The average molecular weight is 196 g/mol. The minimum Gasteiger partial charge on any atom is -0.465 e. The van der Waals surface area contributed by atoms with Crippen LogP contribution in [0.2, 0.25) is 0 Å². The van der Waals surface area contributed by atoms with Gasteiger partial charge in [0.15, 0.2) is 5.57 Å². The molecule has 14 heavy (non-hydrogen) atoms. The molecule has 3 nitrogen and oxygen atoms in total. The van der Waals surface area contributed by atoms with E-state index < -0.39 is 5.97 Å². The molecule has 0 aliphatic rings. The average Bonchev–Trinajstić information content (AvgIpc) is 2.21. The van der Waals surface area contributed by atoms with E-state index >= 15 is 0 Å². The smallest absolute Gasteiger partial charge is 0.352 e. The fraction of sp³-hybridized carbons (Fsp3) is 0.636. The molecule has 0 aromatic heterocycles. The van der Waals surface area contributed by atoms with Gasteiger partial charge >= 0.3 is 12.0 Å². The van der Waals surface area contributed by atoms with Crippen LogP contribution in [0.15, 0.2) is 12.2 Å². The largest absolute Gasteiger partial charge is 0.465 e. The second-order valence-electron chi connectivity index (χ2n) is 3.02. The number of carbonyl (C=O) groups excluding carboxylic acids is 1. The Labute approximate surface area is 85.6 Å². The van der Waals surface area contributed by atoms with Gasteiger partial charge in [-0.05, 0) is 6.42 Å². The molecule has 3 heteroatoms. The molecule has 0 N–H and O–H groups in total. The third-order valence-corrected chi connectivity index (χ3v) is 1.77. The van der Waals surface area contributed by atoms with Crippen molar-refractivity contribution in [2.75, 3.05) is 13.7 Å². The molecule has 0 heterocycles. The van der Waals surface area contributed by atoms with Gasteiger partial charge in [-0.15, -0.1) is 0 Å². The van der Waals surface area contributed by atoms with Crippen LogP contribution in [0.4, 0.5) is 0 Å². The summed E-state index contributed by atoms with van der Waals surface area (Å²) in [6.45, 7) is 6.35. The van der Waals surface area contributed by atoms with E-state index in [4.69, 9.17) is 0 Å². The van der Waals surface area contributed by atoms with Crippen molar-refractivity contribution in [3.63, 3.8) is 0 Å². The standard InChI is InChI=1S/C11H18NO2/c1-4-5-6-7-8-12-9-10(2)11(13)14-3/h2,4-8H2,1,3H3/q+1. The number of methoxy groups -OCH3 is 1. The summed E-state index contributed by atoms with van der Waals surface area (Å²) in [6.07, 6.45) is 4.65. The zero-order valence-electron chi connectivity index (χ0n) is 9.01. The molecule has 0 aromatic rings. The lowest BCUT2D eigenvalue weighted by Crippen LogP contribution is -2.00. The highest BCUT2D eigenvalue weighted by molar-refractivity contribution is 5.92. The Hall–Kier alpha value is -1.30.